The van der Waals surface area contributed by atoms with Crippen molar-refractivity contribution in [3.8, 4) is 0 Å². The molecule has 2 atom stereocenters. The molecule has 150 valence electrons. The minimum Gasteiger partial charge on any atom is -0.362 e. The van der Waals surface area contributed by atoms with Crippen LogP contribution in [0, 0.1) is 0 Å². The van der Waals surface area contributed by atoms with Crippen LogP contribution in [-0.2, 0) is 9.59 Å². The van der Waals surface area contributed by atoms with Gasteiger partial charge >= 0.3 is 0 Å². The van der Waals surface area contributed by atoms with Crippen molar-refractivity contribution in [3.63, 3.8) is 0 Å². The van der Waals surface area contributed by atoms with Gasteiger partial charge in [0.15, 0.2) is 0 Å². The topological polar surface area (TPSA) is 81.8 Å². The zero-order valence-corrected chi connectivity index (χ0v) is 16.9. The number of carbonyl (C=O) groups excluding carboxylic acids is 3. The standard InChI is InChI=1S/C20H26N4O3S/c1-14(19(27)23-10-12-28-13-11-23)24-9-8-20(7-6-17(24)25)21-16-5-3-2-4-15(16)18(26)22-20/h2-5,14,21H,6-13H2,1H3,(H,22,26). The van der Waals surface area contributed by atoms with E-state index in [1.165, 1.54) is 0 Å². The number of hydrogen-bond donors (Lipinski definition) is 2. The molecule has 4 rings (SSSR count). The van der Waals surface area contributed by atoms with Crippen molar-refractivity contribution in [3.05, 3.63) is 29.8 Å². The van der Waals surface area contributed by atoms with Gasteiger partial charge in [0, 0.05) is 49.7 Å². The maximum absolute atomic E-state index is 12.9. The molecule has 2 saturated heterocycles. The zero-order valence-electron chi connectivity index (χ0n) is 16.1. The molecule has 2 N–H and O–H groups in total. The predicted molar refractivity (Wildman–Crippen MR) is 109 cm³/mol. The highest BCUT2D eigenvalue weighted by atomic mass is 32.2. The van der Waals surface area contributed by atoms with Crippen LogP contribution < -0.4 is 10.6 Å². The molecular weight excluding hydrogens is 376 g/mol. The van der Waals surface area contributed by atoms with Crippen LogP contribution in [0.15, 0.2) is 24.3 Å². The number of thioether (sulfide) groups is 1. The molecule has 0 aromatic heterocycles. The first kappa shape index (κ1) is 19.1. The number of amides is 3. The molecule has 3 heterocycles. The summed E-state index contributed by atoms with van der Waals surface area (Å²) in [5.74, 6) is 1.77. The minimum atomic E-state index is -0.652. The number of fused-ring (bicyclic) bond motifs is 1. The Bertz CT molecular complexity index is 795. The number of anilines is 1. The summed E-state index contributed by atoms with van der Waals surface area (Å²) >= 11 is 1.85. The van der Waals surface area contributed by atoms with Gasteiger partial charge in [-0.05, 0) is 25.5 Å². The van der Waals surface area contributed by atoms with Crippen molar-refractivity contribution in [2.45, 2.75) is 37.9 Å². The Balaban J connectivity index is 1.49. The summed E-state index contributed by atoms with van der Waals surface area (Å²) in [6, 6.07) is 6.93. The van der Waals surface area contributed by atoms with Gasteiger partial charge in [0.1, 0.15) is 11.7 Å². The van der Waals surface area contributed by atoms with E-state index in [0.717, 1.165) is 30.3 Å². The van der Waals surface area contributed by atoms with Gasteiger partial charge in [-0.1, -0.05) is 12.1 Å². The Morgan fingerprint density at radius 1 is 1.11 bits per heavy atom. The molecule has 3 aliphatic rings. The molecule has 2 unspecified atom stereocenters. The zero-order chi connectivity index (χ0) is 19.7. The molecule has 8 heteroatoms. The third kappa shape index (κ3) is 3.57. The summed E-state index contributed by atoms with van der Waals surface area (Å²) in [5.41, 5.74) is 0.759. The van der Waals surface area contributed by atoms with Gasteiger partial charge in [0.25, 0.3) is 5.91 Å². The number of benzene rings is 1. The Hall–Kier alpha value is -2.22. The Kier molecular flexibility index (Phi) is 5.23. The fourth-order valence-corrected chi connectivity index (χ4v) is 5.13. The lowest BCUT2D eigenvalue weighted by Crippen LogP contribution is -2.58. The van der Waals surface area contributed by atoms with Crippen LogP contribution in [0.2, 0.25) is 0 Å². The highest BCUT2D eigenvalue weighted by Crippen LogP contribution is 2.32. The average molecular weight is 403 g/mol. The van der Waals surface area contributed by atoms with E-state index in [1.807, 2.05) is 41.8 Å². The van der Waals surface area contributed by atoms with Crippen LogP contribution in [0.1, 0.15) is 36.5 Å². The Morgan fingerprint density at radius 3 is 2.64 bits per heavy atom. The average Bonchev–Trinajstić information content (AvgIpc) is 2.87. The molecule has 0 bridgehead atoms. The molecule has 1 aromatic rings. The predicted octanol–water partition coefficient (Wildman–Crippen LogP) is 1.51. The second kappa shape index (κ2) is 7.66. The van der Waals surface area contributed by atoms with Gasteiger partial charge in [-0.2, -0.15) is 11.8 Å². The van der Waals surface area contributed by atoms with Gasteiger partial charge < -0.3 is 20.4 Å². The number of para-hydroxylation sites is 1. The van der Waals surface area contributed by atoms with Crippen molar-refractivity contribution in [2.75, 3.05) is 36.5 Å². The smallest absolute Gasteiger partial charge is 0.255 e. The fourth-order valence-electron chi connectivity index (χ4n) is 4.23. The first-order valence-electron chi connectivity index (χ1n) is 9.85. The summed E-state index contributed by atoms with van der Waals surface area (Å²) < 4.78 is 0. The lowest BCUT2D eigenvalue weighted by Gasteiger charge is -2.40. The second-order valence-electron chi connectivity index (χ2n) is 7.66. The van der Waals surface area contributed by atoms with Gasteiger partial charge in [0.05, 0.1) is 5.56 Å². The number of carbonyl (C=O) groups is 3. The van der Waals surface area contributed by atoms with Crippen LogP contribution in [-0.4, -0.2) is 70.4 Å². The molecule has 0 aliphatic carbocycles. The maximum Gasteiger partial charge on any atom is 0.255 e. The van der Waals surface area contributed by atoms with Crippen molar-refractivity contribution in [1.82, 2.24) is 15.1 Å². The molecule has 1 aromatic carbocycles. The fraction of sp³-hybridized carbons (Fsp3) is 0.550. The number of rotatable bonds is 2. The normalized spacial score (nSPS) is 26.2. The number of nitrogens with zero attached hydrogens (tertiary/aromatic N) is 2. The molecular formula is C20H26N4O3S. The van der Waals surface area contributed by atoms with E-state index < -0.39 is 11.7 Å². The van der Waals surface area contributed by atoms with Crippen molar-refractivity contribution in [1.29, 1.82) is 0 Å². The molecule has 3 aliphatic heterocycles. The SMILES string of the molecule is CC(C(=O)N1CCSCC1)N1CCC2(CCC1=O)NC(=O)c1ccccc1N2. The maximum atomic E-state index is 12.9. The minimum absolute atomic E-state index is 0.0237. The molecule has 2 fully saturated rings. The quantitative estimate of drug-likeness (QED) is 0.784. The van der Waals surface area contributed by atoms with Gasteiger partial charge in [-0.3, -0.25) is 14.4 Å². The van der Waals surface area contributed by atoms with E-state index in [4.69, 9.17) is 0 Å². The van der Waals surface area contributed by atoms with Crippen LogP contribution in [0.5, 0.6) is 0 Å². The third-order valence-electron chi connectivity index (χ3n) is 5.91. The summed E-state index contributed by atoms with van der Waals surface area (Å²) in [7, 11) is 0. The summed E-state index contributed by atoms with van der Waals surface area (Å²) in [6.07, 6.45) is 1.36. The van der Waals surface area contributed by atoms with E-state index in [9.17, 15) is 14.4 Å². The molecule has 28 heavy (non-hydrogen) atoms. The number of nitrogens with one attached hydrogen (secondary N) is 2. The van der Waals surface area contributed by atoms with Crippen LogP contribution >= 0.6 is 11.8 Å². The Morgan fingerprint density at radius 2 is 1.86 bits per heavy atom. The van der Waals surface area contributed by atoms with E-state index in [1.54, 1.807) is 11.0 Å². The van der Waals surface area contributed by atoms with E-state index >= 15 is 0 Å². The molecule has 0 saturated carbocycles. The third-order valence-corrected chi connectivity index (χ3v) is 6.85. The summed E-state index contributed by atoms with van der Waals surface area (Å²) in [6.45, 7) is 3.74. The van der Waals surface area contributed by atoms with Crippen molar-refractivity contribution in [2.24, 2.45) is 0 Å². The van der Waals surface area contributed by atoms with Crippen LogP contribution in [0.3, 0.4) is 0 Å². The van der Waals surface area contributed by atoms with Crippen molar-refractivity contribution < 1.29 is 14.4 Å². The highest BCUT2D eigenvalue weighted by Gasteiger charge is 2.42. The molecule has 1 spiro atoms. The lowest BCUT2D eigenvalue weighted by molar-refractivity contribution is -0.144. The van der Waals surface area contributed by atoms with E-state index in [2.05, 4.69) is 10.6 Å². The first-order valence-corrected chi connectivity index (χ1v) is 11.0. The Labute approximate surface area is 169 Å². The second-order valence-corrected chi connectivity index (χ2v) is 8.88. The summed E-state index contributed by atoms with van der Waals surface area (Å²) in [5, 5.41) is 6.52. The van der Waals surface area contributed by atoms with Crippen molar-refractivity contribution >= 4 is 35.2 Å². The number of likely N-dealkylation sites (tertiary alicyclic amines) is 1. The lowest BCUT2D eigenvalue weighted by atomic mass is 9.95. The van der Waals surface area contributed by atoms with Gasteiger partial charge in [0.2, 0.25) is 11.8 Å². The molecule has 0 radical (unpaired) electrons. The monoisotopic (exact) mass is 402 g/mol. The van der Waals surface area contributed by atoms with E-state index in [0.29, 0.717) is 31.4 Å². The van der Waals surface area contributed by atoms with E-state index in [-0.39, 0.29) is 17.7 Å². The molecule has 7 nitrogen and oxygen atoms in total. The number of hydrogen-bond acceptors (Lipinski definition) is 5. The van der Waals surface area contributed by atoms with Gasteiger partial charge in [-0.15, -0.1) is 0 Å². The first-order chi connectivity index (χ1) is 13.5. The molecule has 3 amide bonds. The van der Waals surface area contributed by atoms with Crippen LogP contribution in [0.4, 0.5) is 5.69 Å². The van der Waals surface area contributed by atoms with Crippen LogP contribution in [0.25, 0.3) is 0 Å². The highest BCUT2D eigenvalue weighted by molar-refractivity contribution is 7.99. The summed E-state index contributed by atoms with van der Waals surface area (Å²) in [4.78, 5) is 41.8. The van der Waals surface area contributed by atoms with Gasteiger partial charge in [-0.25, -0.2) is 0 Å². The largest absolute Gasteiger partial charge is 0.362 e.